The van der Waals surface area contributed by atoms with E-state index in [2.05, 4.69) is 29.6 Å². The van der Waals surface area contributed by atoms with Crippen molar-refractivity contribution in [1.29, 1.82) is 0 Å². The summed E-state index contributed by atoms with van der Waals surface area (Å²) in [5.74, 6) is 0.0495. The third kappa shape index (κ3) is 6.07. The maximum atomic E-state index is 13.9. The van der Waals surface area contributed by atoms with Crippen molar-refractivity contribution in [3.05, 3.63) is 76.0 Å². The Morgan fingerprint density at radius 2 is 1.89 bits per heavy atom. The summed E-state index contributed by atoms with van der Waals surface area (Å²) in [6.45, 7) is 2.54. The van der Waals surface area contributed by atoms with Gasteiger partial charge in [-0.2, -0.15) is 0 Å². The van der Waals surface area contributed by atoms with Gasteiger partial charge in [0.15, 0.2) is 6.10 Å². The molecule has 0 N–H and O–H groups in total. The standard InChI is InChI=1S/C27H30N2O4S2/c1-18(30)33-25-26(20-8-10-21(32-4)11-9-20)35-24-17-19(16-22-6-5-15-34-22)7-12-23(24)29(27(25)31)14-13-28(2)3/h5-12,15,17,25-26H,13-14,16H2,1-4H3/t25-,26+/m1/s1. The van der Waals surface area contributed by atoms with Crippen LogP contribution in [0.25, 0.3) is 0 Å². The number of anilines is 1. The first-order valence-corrected chi connectivity index (χ1v) is 13.2. The molecule has 0 spiro atoms. The zero-order valence-corrected chi connectivity index (χ0v) is 22.0. The highest BCUT2D eigenvalue weighted by Gasteiger charge is 2.40. The Morgan fingerprint density at radius 1 is 1.11 bits per heavy atom. The van der Waals surface area contributed by atoms with Gasteiger partial charge < -0.3 is 19.3 Å². The molecule has 2 heterocycles. The molecule has 6 nitrogen and oxygen atoms in total. The van der Waals surface area contributed by atoms with Gasteiger partial charge in [0.2, 0.25) is 0 Å². The van der Waals surface area contributed by atoms with Crippen LogP contribution in [0.1, 0.15) is 28.2 Å². The second-order valence-electron chi connectivity index (χ2n) is 8.69. The summed E-state index contributed by atoms with van der Waals surface area (Å²) in [5.41, 5.74) is 2.93. The Bertz CT molecular complexity index is 1160. The molecule has 1 aromatic heterocycles. The van der Waals surface area contributed by atoms with Crippen LogP contribution < -0.4 is 9.64 Å². The minimum absolute atomic E-state index is 0.208. The highest BCUT2D eigenvalue weighted by molar-refractivity contribution is 7.99. The third-order valence-electron chi connectivity index (χ3n) is 5.82. The number of carbonyl (C=O) groups excluding carboxylic acids is 2. The molecule has 1 aliphatic heterocycles. The summed E-state index contributed by atoms with van der Waals surface area (Å²) in [6, 6.07) is 18.1. The summed E-state index contributed by atoms with van der Waals surface area (Å²) in [7, 11) is 5.58. The molecule has 0 radical (unpaired) electrons. The van der Waals surface area contributed by atoms with E-state index in [-0.39, 0.29) is 5.91 Å². The maximum Gasteiger partial charge on any atom is 0.303 e. The van der Waals surface area contributed by atoms with E-state index in [0.717, 1.165) is 28.3 Å². The number of thiophene rings is 1. The second-order valence-corrected chi connectivity index (χ2v) is 10.9. The number of hydrogen-bond acceptors (Lipinski definition) is 7. The Kier molecular flexibility index (Phi) is 8.15. The Hall–Kier alpha value is -2.81. The van der Waals surface area contributed by atoms with Crippen LogP contribution in [0.4, 0.5) is 5.69 Å². The van der Waals surface area contributed by atoms with Gasteiger partial charge in [0.25, 0.3) is 5.91 Å². The lowest BCUT2D eigenvalue weighted by atomic mass is 10.0. The van der Waals surface area contributed by atoms with Crippen LogP contribution in [0.2, 0.25) is 0 Å². The number of fused-ring (bicyclic) bond motifs is 1. The van der Waals surface area contributed by atoms with E-state index in [4.69, 9.17) is 9.47 Å². The third-order valence-corrected chi connectivity index (χ3v) is 8.05. The molecule has 1 aliphatic rings. The summed E-state index contributed by atoms with van der Waals surface area (Å²) < 4.78 is 11.0. The van der Waals surface area contributed by atoms with Crippen LogP contribution in [0.3, 0.4) is 0 Å². The molecule has 2 aromatic carbocycles. The van der Waals surface area contributed by atoms with Gasteiger partial charge in [0.05, 0.1) is 18.0 Å². The van der Waals surface area contributed by atoms with E-state index >= 15 is 0 Å². The average Bonchev–Trinajstić information content (AvgIpc) is 3.31. The van der Waals surface area contributed by atoms with Crippen LogP contribution in [-0.4, -0.2) is 57.2 Å². The van der Waals surface area contributed by atoms with Gasteiger partial charge in [-0.3, -0.25) is 9.59 Å². The van der Waals surface area contributed by atoms with Crippen molar-refractivity contribution in [3.8, 4) is 5.75 Å². The van der Waals surface area contributed by atoms with Crippen molar-refractivity contribution in [2.75, 3.05) is 39.2 Å². The number of amides is 1. The van der Waals surface area contributed by atoms with Gasteiger partial charge in [-0.05, 0) is 60.9 Å². The smallest absolute Gasteiger partial charge is 0.303 e. The van der Waals surface area contributed by atoms with Crippen LogP contribution in [0.15, 0.2) is 64.9 Å². The van der Waals surface area contributed by atoms with E-state index in [0.29, 0.717) is 13.1 Å². The van der Waals surface area contributed by atoms with Crippen LogP contribution >= 0.6 is 23.1 Å². The lowest BCUT2D eigenvalue weighted by molar-refractivity contribution is -0.152. The monoisotopic (exact) mass is 510 g/mol. The first-order chi connectivity index (χ1) is 16.9. The Labute approximate surface area is 214 Å². The molecular weight excluding hydrogens is 480 g/mol. The van der Waals surface area contributed by atoms with E-state index < -0.39 is 17.3 Å². The number of likely N-dealkylation sites (N-methyl/N-ethyl adjacent to an activating group) is 1. The lowest BCUT2D eigenvalue weighted by Crippen LogP contribution is -2.45. The van der Waals surface area contributed by atoms with E-state index in [1.165, 1.54) is 17.4 Å². The predicted octanol–water partition coefficient (Wildman–Crippen LogP) is 5.02. The molecule has 3 aromatic rings. The van der Waals surface area contributed by atoms with E-state index in [1.54, 1.807) is 35.1 Å². The van der Waals surface area contributed by atoms with Crippen molar-refractivity contribution >= 4 is 40.7 Å². The van der Waals surface area contributed by atoms with Gasteiger partial charge in [-0.15, -0.1) is 23.1 Å². The van der Waals surface area contributed by atoms with Crippen molar-refractivity contribution in [2.45, 2.75) is 29.6 Å². The number of carbonyl (C=O) groups is 2. The zero-order valence-electron chi connectivity index (χ0n) is 20.4. The number of thioether (sulfide) groups is 1. The molecule has 1 amide bonds. The molecule has 0 aliphatic carbocycles. The first kappa shape index (κ1) is 25.3. The summed E-state index contributed by atoms with van der Waals surface area (Å²) in [5, 5.41) is 1.69. The molecule has 4 rings (SSSR count). The van der Waals surface area contributed by atoms with Crippen LogP contribution in [0.5, 0.6) is 5.75 Å². The van der Waals surface area contributed by atoms with Crippen molar-refractivity contribution < 1.29 is 19.1 Å². The van der Waals surface area contributed by atoms with E-state index in [9.17, 15) is 9.59 Å². The number of nitrogens with zero attached hydrogens (tertiary/aromatic N) is 2. The summed E-state index contributed by atoms with van der Waals surface area (Å²) >= 11 is 3.31. The number of rotatable bonds is 8. The molecule has 8 heteroatoms. The topological polar surface area (TPSA) is 59.1 Å². The fourth-order valence-electron chi connectivity index (χ4n) is 4.06. The Morgan fingerprint density at radius 3 is 2.51 bits per heavy atom. The zero-order chi connectivity index (χ0) is 24.9. The minimum atomic E-state index is -0.943. The van der Waals surface area contributed by atoms with Crippen molar-refractivity contribution in [3.63, 3.8) is 0 Å². The van der Waals surface area contributed by atoms with Gasteiger partial charge in [-0.25, -0.2) is 0 Å². The SMILES string of the molecule is COc1ccc([C@@H]2Sc3cc(Cc4cccs4)ccc3N(CCN(C)C)C(=O)[C@@H]2OC(C)=O)cc1. The molecular formula is C27H30N2O4S2. The fraction of sp³-hybridized carbons (Fsp3) is 0.333. The molecule has 184 valence electrons. The highest BCUT2D eigenvalue weighted by atomic mass is 32.2. The van der Waals surface area contributed by atoms with Crippen LogP contribution in [-0.2, 0) is 20.7 Å². The van der Waals surface area contributed by atoms with Gasteiger partial charge in [0, 0.05) is 36.2 Å². The van der Waals surface area contributed by atoms with Crippen molar-refractivity contribution in [1.82, 2.24) is 4.90 Å². The largest absolute Gasteiger partial charge is 0.497 e. The first-order valence-electron chi connectivity index (χ1n) is 11.4. The molecule has 0 fully saturated rings. The molecule has 35 heavy (non-hydrogen) atoms. The molecule has 0 saturated carbocycles. The summed E-state index contributed by atoms with van der Waals surface area (Å²) in [4.78, 5) is 32.1. The fourth-order valence-corrected chi connectivity index (χ4v) is 6.18. The van der Waals surface area contributed by atoms with Gasteiger partial charge in [-0.1, -0.05) is 24.3 Å². The van der Waals surface area contributed by atoms with Crippen LogP contribution in [0, 0.1) is 0 Å². The predicted molar refractivity (Wildman–Crippen MR) is 142 cm³/mol. The number of esters is 1. The summed E-state index contributed by atoms with van der Waals surface area (Å²) in [6.07, 6.45) is -0.112. The average molecular weight is 511 g/mol. The normalized spacial score (nSPS) is 17.7. The minimum Gasteiger partial charge on any atom is -0.497 e. The molecule has 2 atom stereocenters. The van der Waals surface area contributed by atoms with Gasteiger partial charge in [0.1, 0.15) is 5.75 Å². The number of ether oxygens (including phenoxy) is 2. The molecule has 0 saturated heterocycles. The van der Waals surface area contributed by atoms with Gasteiger partial charge >= 0.3 is 5.97 Å². The lowest BCUT2D eigenvalue weighted by Gasteiger charge is -2.28. The Balaban J connectivity index is 1.78. The quantitative estimate of drug-likeness (QED) is 0.397. The van der Waals surface area contributed by atoms with Crippen molar-refractivity contribution in [2.24, 2.45) is 0 Å². The second kappa shape index (κ2) is 11.3. The number of hydrogen-bond donors (Lipinski definition) is 0. The highest BCUT2D eigenvalue weighted by Crippen LogP contribution is 2.47. The van der Waals surface area contributed by atoms with E-state index in [1.807, 2.05) is 49.3 Å². The number of methoxy groups -OCH3 is 1. The number of benzene rings is 2. The molecule has 0 unspecified atom stereocenters. The molecule has 0 bridgehead atoms. The maximum absolute atomic E-state index is 13.9.